The Balaban J connectivity index is 1.22. The fraction of sp³-hybridized carbons (Fsp3) is 0.577. The van der Waals surface area contributed by atoms with Crippen LogP contribution in [0.3, 0.4) is 0 Å². The molecule has 1 aromatic rings. The number of carbonyl (C=O) groups excluding carboxylic acids is 3. The number of ether oxygens (including phenoxy) is 1. The van der Waals surface area contributed by atoms with E-state index < -0.39 is 0 Å². The van der Waals surface area contributed by atoms with Crippen molar-refractivity contribution in [2.24, 2.45) is 11.3 Å². The first kappa shape index (κ1) is 20.9. The Morgan fingerprint density at radius 1 is 1.06 bits per heavy atom. The lowest BCUT2D eigenvalue weighted by Gasteiger charge is -2.46. The van der Waals surface area contributed by atoms with Gasteiger partial charge in [0.2, 0.25) is 11.8 Å². The second kappa shape index (κ2) is 7.97. The van der Waals surface area contributed by atoms with Gasteiger partial charge in [0.15, 0.2) is 0 Å². The number of nitrogens with zero attached hydrogens (tertiary/aromatic N) is 2. The molecule has 7 rings (SSSR count). The largest absolute Gasteiger partial charge is 0.372 e. The van der Waals surface area contributed by atoms with E-state index in [2.05, 4.69) is 5.32 Å². The average molecular weight is 450 g/mol. The molecule has 2 atom stereocenters. The third-order valence-corrected chi connectivity index (χ3v) is 8.59. The molecule has 0 radical (unpaired) electrons. The van der Waals surface area contributed by atoms with Crippen LogP contribution >= 0.6 is 0 Å². The Bertz CT molecular complexity index is 1010. The highest BCUT2D eigenvalue weighted by Gasteiger charge is 2.51. The summed E-state index contributed by atoms with van der Waals surface area (Å²) < 4.78 is 6.03. The van der Waals surface area contributed by atoms with Gasteiger partial charge in [-0.2, -0.15) is 0 Å². The van der Waals surface area contributed by atoms with E-state index >= 15 is 0 Å². The number of fused-ring (bicyclic) bond motifs is 5. The summed E-state index contributed by atoms with van der Waals surface area (Å²) in [6.45, 7) is 2.02. The van der Waals surface area contributed by atoms with Gasteiger partial charge >= 0.3 is 0 Å². The van der Waals surface area contributed by atoms with Crippen LogP contribution in [0.1, 0.15) is 50.5 Å². The summed E-state index contributed by atoms with van der Waals surface area (Å²) >= 11 is 0. The molecule has 3 heterocycles. The molecule has 0 spiro atoms. The van der Waals surface area contributed by atoms with Gasteiger partial charge in [-0.1, -0.05) is 18.2 Å². The number of carbonyl (C=O) groups is 3. The van der Waals surface area contributed by atoms with Crippen molar-refractivity contribution in [3.63, 3.8) is 0 Å². The van der Waals surface area contributed by atoms with E-state index in [0.29, 0.717) is 31.8 Å². The molecule has 2 bridgehead atoms. The van der Waals surface area contributed by atoms with E-state index in [9.17, 15) is 14.4 Å². The van der Waals surface area contributed by atoms with E-state index in [1.165, 1.54) is 19.3 Å². The summed E-state index contributed by atoms with van der Waals surface area (Å²) in [6.07, 6.45) is 8.26. The zero-order chi connectivity index (χ0) is 22.6. The van der Waals surface area contributed by atoms with Crippen molar-refractivity contribution in [3.05, 3.63) is 35.4 Å². The van der Waals surface area contributed by atoms with Crippen LogP contribution in [0.5, 0.6) is 0 Å². The van der Waals surface area contributed by atoms with Gasteiger partial charge in [-0.05, 0) is 62.1 Å². The quantitative estimate of drug-likeness (QED) is 0.753. The first-order valence-electron chi connectivity index (χ1n) is 12.3. The summed E-state index contributed by atoms with van der Waals surface area (Å²) in [5.41, 5.74) is 1.87. The highest BCUT2D eigenvalue weighted by Crippen LogP contribution is 2.51. The second-order valence-electron chi connectivity index (χ2n) is 10.4. The predicted molar refractivity (Wildman–Crippen MR) is 123 cm³/mol. The van der Waals surface area contributed by atoms with Crippen molar-refractivity contribution in [2.75, 3.05) is 31.6 Å². The van der Waals surface area contributed by atoms with Gasteiger partial charge in [0.05, 0.1) is 25.2 Å². The molecule has 0 unspecified atom stereocenters. The third kappa shape index (κ3) is 3.57. The number of hydrogen-bond donors (Lipinski definition) is 1. The van der Waals surface area contributed by atoms with Crippen molar-refractivity contribution in [1.29, 1.82) is 0 Å². The molecule has 7 heteroatoms. The van der Waals surface area contributed by atoms with Gasteiger partial charge in [-0.25, -0.2) is 0 Å². The fourth-order valence-electron chi connectivity index (χ4n) is 6.68. The number of likely N-dealkylation sites (tertiary alicyclic amines) is 1. The maximum atomic E-state index is 13.6. The minimum atomic E-state index is -0.192. The molecule has 3 saturated carbocycles. The van der Waals surface area contributed by atoms with Gasteiger partial charge in [-0.3, -0.25) is 14.4 Å². The average Bonchev–Trinajstić information content (AvgIpc) is 3.21. The monoisotopic (exact) mass is 449 g/mol. The Morgan fingerprint density at radius 2 is 1.82 bits per heavy atom. The summed E-state index contributed by atoms with van der Waals surface area (Å²) in [6, 6.07) is 7.37. The maximum Gasteiger partial charge on any atom is 0.250 e. The smallest absolute Gasteiger partial charge is 0.250 e. The molecule has 2 saturated heterocycles. The van der Waals surface area contributed by atoms with Crippen LogP contribution in [0.25, 0.3) is 6.08 Å². The minimum Gasteiger partial charge on any atom is -0.372 e. The lowest BCUT2D eigenvalue weighted by atomic mass is 9.60. The zero-order valence-corrected chi connectivity index (χ0v) is 18.9. The molecule has 6 aliphatic rings. The lowest BCUT2D eigenvalue weighted by Crippen LogP contribution is -2.54. The highest BCUT2D eigenvalue weighted by molar-refractivity contribution is 6.08. The molecule has 1 aromatic carbocycles. The Kier molecular flexibility index (Phi) is 5.05. The molecule has 3 amide bonds. The van der Waals surface area contributed by atoms with E-state index in [-0.39, 0.29) is 41.7 Å². The zero-order valence-electron chi connectivity index (χ0n) is 18.9. The summed E-state index contributed by atoms with van der Waals surface area (Å²) in [7, 11) is 0. The molecule has 1 N–H and O–H groups in total. The van der Waals surface area contributed by atoms with Crippen molar-refractivity contribution >= 4 is 29.5 Å². The number of para-hydroxylation sites is 1. The summed E-state index contributed by atoms with van der Waals surface area (Å²) in [5, 5.41) is 2.89. The number of morpholine rings is 1. The van der Waals surface area contributed by atoms with E-state index in [1.807, 2.05) is 40.1 Å². The number of rotatable bonds is 2. The molecule has 7 nitrogen and oxygen atoms in total. The normalized spacial score (nSPS) is 33.0. The number of amides is 3. The van der Waals surface area contributed by atoms with Gasteiger partial charge in [0, 0.05) is 36.3 Å². The topological polar surface area (TPSA) is 79.0 Å². The molecule has 174 valence electrons. The van der Waals surface area contributed by atoms with Crippen LogP contribution in [-0.2, 0) is 19.1 Å². The van der Waals surface area contributed by atoms with Crippen molar-refractivity contribution in [2.45, 2.75) is 57.1 Å². The number of hydrogen-bond acceptors (Lipinski definition) is 4. The van der Waals surface area contributed by atoms with E-state index in [1.54, 1.807) is 0 Å². The molecule has 33 heavy (non-hydrogen) atoms. The first-order chi connectivity index (χ1) is 16.0. The van der Waals surface area contributed by atoms with Crippen LogP contribution in [0.2, 0.25) is 0 Å². The van der Waals surface area contributed by atoms with Gasteiger partial charge < -0.3 is 19.9 Å². The minimum absolute atomic E-state index is 0.0508. The standard InChI is InChI=1S/C26H31N3O4/c30-23-14-19(13-18-3-1-2-4-20(18)27-23)24(31)29-11-12-33-22-16-28(15-21(22)29)25(32)26-8-5-17(6-9-26)7-10-26/h1-4,13,17,21-22H,5-12,14-16H2,(H,27,30)/t17?,21-,22+,26?/m0/s1. The van der Waals surface area contributed by atoms with Gasteiger partial charge in [0.1, 0.15) is 0 Å². The highest BCUT2D eigenvalue weighted by atomic mass is 16.5. The van der Waals surface area contributed by atoms with Crippen molar-refractivity contribution in [3.8, 4) is 0 Å². The van der Waals surface area contributed by atoms with Crippen LogP contribution in [0, 0.1) is 11.3 Å². The molecule has 3 aliphatic carbocycles. The number of nitrogens with one attached hydrogen (secondary N) is 1. The lowest BCUT2D eigenvalue weighted by molar-refractivity contribution is -0.148. The molecule has 0 aromatic heterocycles. The third-order valence-electron chi connectivity index (χ3n) is 8.59. The van der Waals surface area contributed by atoms with E-state index in [4.69, 9.17) is 4.74 Å². The second-order valence-corrected chi connectivity index (χ2v) is 10.4. The Labute approximate surface area is 194 Å². The molecular weight excluding hydrogens is 418 g/mol. The predicted octanol–water partition coefficient (Wildman–Crippen LogP) is 2.82. The van der Waals surface area contributed by atoms with Gasteiger partial charge in [-0.15, -0.1) is 0 Å². The van der Waals surface area contributed by atoms with Crippen LogP contribution in [0.4, 0.5) is 5.69 Å². The molecular formula is C26H31N3O4. The van der Waals surface area contributed by atoms with Gasteiger partial charge in [0.25, 0.3) is 5.91 Å². The Morgan fingerprint density at radius 3 is 2.61 bits per heavy atom. The number of benzene rings is 1. The van der Waals surface area contributed by atoms with Crippen LogP contribution in [0.15, 0.2) is 29.8 Å². The van der Waals surface area contributed by atoms with Crippen molar-refractivity contribution < 1.29 is 19.1 Å². The van der Waals surface area contributed by atoms with E-state index in [0.717, 1.165) is 36.4 Å². The van der Waals surface area contributed by atoms with Crippen LogP contribution in [-0.4, -0.2) is 65.9 Å². The van der Waals surface area contributed by atoms with Crippen LogP contribution < -0.4 is 5.32 Å². The Hall–Kier alpha value is -2.67. The van der Waals surface area contributed by atoms with Crippen molar-refractivity contribution in [1.82, 2.24) is 9.80 Å². The SMILES string of the molecule is O=C1CC(C(=O)N2CCO[C@@H]3CN(C(=O)C45CCC(CC4)CC5)C[C@@H]32)=Cc2ccccc2N1. The molecule has 3 aliphatic heterocycles. The maximum absolute atomic E-state index is 13.6. The number of anilines is 1. The first-order valence-corrected chi connectivity index (χ1v) is 12.3. The molecule has 5 fully saturated rings. The fourth-order valence-corrected chi connectivity index (χ4v) is 6.68. The summed E-state index contributed by atoms with van der Waals surface area (Å²) in [4.78, 5) is 43.5. The summed E-state index contributed by atoms with van der Waals surface area (Å²) in [5.74, 6) is 0.783.